The summed E-state index contributed by atoms with van der Waals surface area (Å²) in [6.07, 6.45) is 3.56. The van der Waals surface area contributed by atoms with Gasteiger partial charge in [-0.2, -0.15) is 0 Å². The lowest BCUT2D eigenvalue weighted by molar-refractivity contribution is 0.519. The molecule has 1 aliphatic rings. The fraction of sp³-hybridized carbons (Fsp3) is 0.714. The van der Waals surface area contributed by atoms with Crippen molar-refractivity contribution in [1.82, 2.24) is 0 Å². The van der Waals surface area contributed by atoms with E-state index in [-0.39, 0.29) is 0 Å². The molecule has 0 nitrogen and oxygen atoms in total. The van der Waals surface area contributed by atoms with E-state index in [0.717, 1.165) is 0 Å². The van der Waals surface area contributed by atoms with Crippen molar-refractivity contribution in [3.8, 4) is 0 Å². The smallest absolute Gasteiger partial charge is 0.0130 e. The molecule has 0 aliphatic heterocycles. The number of rotatable bonds is 0. The van der Waals surface area contributed by atoms with Crippen molar-refractivity contribution < 1.29 is 0 Å². The summed E-state index contributed by atoms with van der Waals surface area (Å²) in [5.41, 5.74) is 2.09. The maximum atomic E-state index is 2.29. The number of hydrogen-bond donors (Lipinski definition) is 0. The van der Waals surface area contributed by atoms with Crippen LogP contribution in [0.4, 0.5) is 0 Å². The summed E-state index contributed by atoms with van der Waals surface area (Å²) < 4.78 is 0. The Kier molecular flexibility index (Phi) is 0.781. The van der Waals surface area contributed by atoms with Crippen molar-refractivity contribution in [2.75, 3.05) is 0 Å². The van der Waals surface area contributed by atoms with E-state index in [1.54, 1.807) is 5.57 Å². The fourth-order valence-corrected chi connectivity index (χ4v) is 0.663. The highest BCUT2D eigenvalue weighted by atomic mass is 14.3. The molecule has 0 N–H and O–H groups in total. The molecule has 0 fully saturated rings. The van der Waals surface area contributed by atoms with Crippen LogP contribution in [0, 0.1) is 5.41 Å². The molecule has 0 atom stereocenters. The van der Waals surface area contributed by atoms with Gasteiger partial charge in [0, 0.05) is 0 Å². The lowest BCUT2D eigenvalue weighted by Crippen LogP contribution is -2.00. The molecule has 0 unspecified atom stereocenters. The van der Waals surface area contributed by atoms with Crippen LogP contribution in [0.2, 0.25) is 0 Å². The van der Waals surface area contributed by atoms with Crippen molar-refractivity contribution in [3.05, 3.63) is 11.6 Å². The van der Waals surface area contributed by atoms with Crippen LogP contribution >= 0.6 is 0 Å². The van der Waals surface area contributed by atoms with Gasteiger partial charge in [0.15, 0.2) is 0 Å². The molecule has 0 radical (unpaired) electrons. The summed E-state index contributed by atoms with van der Waals surface area (Å²) >= 11 is 0. The van der Waals surface area contributed by atoms with Gasteiger partial charge < -0.3 is 0 Å². The van der Waals surface area contributed by atoms with Gasteiger partial charge in [0.25, 0.3) is 0 Å². The van der Waals surface area contributed by atoms with E-state index in [1.807, 2.05) is 0 Å². The van der Waals surface area contributed by atoms with E-state index < -0.39 is 0 Å². The van der Waals surface area contributed by atoms with E-state index in [0.29, 0.717) is 5.41 Å². The van der Waals surface area contributed by atoms with Gasteiger partial charge in [-0.15, -0.1) is 0 Å². The maximum Gasteiger partial charge on any atom is -0.0130 e. The Morgan fingerprint density at radius 1 is 1.43 bits per heavy atom. The van der Waals surface area contributed by atoms with Gasteiger partial charge in [-0.1, -0.05) is 32.4 Å². The third-order valence-electron chi connectivity index (χ3n) is 1.37. The minimum Gasteiger partial charge on any atom is -0.0804 e. The van der Waals surface area contributed by atoms with Crippen LogP contribution in [0.3, 0.4) is 0 Å². The van der Waals surface area contributed by atoms with E-state index in [4.69, 9.17) is 0 Å². The van der Waals surface area contributed by atoms with Gasteiger partial charge in [-0.3, -0.25) is 0 Å². The third-order valence-corrected chi connectivity index (χ3v) is 1.37. The summed E-state index contributed by atoms with van der Waals surface area (Å²) in [6, 6.07) is 0. The Hall–Kier alpha value is -0.260. The Balaban J connectivity index is 2.53. The topological polar surface area (TPSA) is 0 Å². The van der Waals surface area contributed by atoms with Gasteiger partial charge in [0.2, 0.25) is 0 Å². The normalized spacial score (nSPS) is 19.0. The van der Waals surface area contributed by atoms with E-state index in [1.165, 1.54) is 6.42 Å². The van der Waals surface area contributed by atoms with Gasteiger partial charge in [0.1, 0.15) is 0 Å². The summed E-state index contributed by atoms with van der Waals surface area (Å²) in [5.74, 6) is 0. The zero-order valence-electron chi connectivity index (χ0n) is 5.28. The predicted molar refractivity (Wildman–Crippen MR) is 32.2 cm³/mol. The first kappa shape index (κ1) is 4.89. The average Bonchev–Trinajstić information content (AvgIpc) is 1.99. The molecule has 0 amide bonds. The molecular weight excluding hydrogens is 84.1 g/mol. The highest BCUT2D eigenvalue weighted by molar-refractivity contribution is 5.27. The van der Waals surface area contributed by atoms with Gasteiger partial charge in [-0.25, -0.2) is 0 Å². The molecule has 0 saturated carbocycles. The maximum absolute atomic E-state index is 2.29. The fourth-order valence-electron chi connectivity index (χ4n) is 0.663. The molecule has 1 rings (SSSR count). The Bertz CT molecular complexity index is 102. The second-order valence-electron chi connectivity index (χ2n) is 3.18. The number of allylic oxidation sites excluding steroid dienone is 2. The zero-order chi connectivity index (χ0) is 5.49. The van der Waals surface area contributed by atoms with Crippen molar-refractivity contribution in [2.24, 2.45) is 5.41 Å². The highest BCUT2D eigenvalue weighted by Crippen LogP contribution is 2.36. The Labute approximate surface area is 45.2 Å². The first-order valence-corrected chi connectivity index (χ1v) is 2.80. The Morgan fingerprint density at radius 2 is 1.86 bits per heavy atom. The molecule has 0 aromatic rings. The Morgan fingerprint density at radius 3 is 1.86 bits per heavy atom. The van der Waals surface area contributed by atoms with Crippen LogP contribution in [-0.4, -0.2) is 0 Å². The molecule has 0 heteroatoms. The van der Waals surface area contributed by atoms with Gasteiger partial charge in [0.05, 0.1) is 0 Å². The minimum atomic E-state index is 0.472. The van der Waals surface area contributed by atoms with Crippen LogP contribution in [0.15, 0.2) is 11.6 Å². The SMILES string of the molecule is CC(C)(C)C1=CC1. The quantitative estimate of drug-likeness (QED) is 0.406. The summed E-state index contributed by atoms with van der Waals surface area (Å²) in [4.78, 5) is 0. The van der Waals surface area contributed by atoms with E-state index >= 15 is 0 Å². The molecule has 0 spiro atoms. The second-order valence-corrected chi connectivity index (χ2v) is 3.18. The van der Waals surface area contributed by atoms with Gasteiger partial charge in [-0.05, 0) is 11.8 Å². The standard InChI is InChI=1S/C7H12/c1-7(2,3)6-4-5-6/h4H,5H2,1-3H3. The molecule has 40 valence electrons. The van der Waals surface area contributed by atoms with Crippen molar-refractivity contribution in [2.45, 2.75) is 27.2 Å². The van der Waals surface area contributed by atoms with E-state index in [9.17, 15) is 0 Å². The van der Waals surface area contributed by atoms with Crippen LogP contribution in [0.5, 0.6) is 0 Å². The largest absolute Gasteiger partial charge is 0.0804 e. The van der Waals surface area contributed by atoms with Gasteiger partial charge >= 0.3 is 0 Å². The minimum absolute atomic E-state index is 0.472. The highest BCUT2D eigenvalue weighted by Gasteiger charge is 2.22. The summed E-state index contributed by atoms with van der Waals surface area (Å²) in [6.45, 7) is 6.77. The number of hydrogen-bond acceptors (Lipinski definition) is 0. The molecule has 0 aromatic carbocycles. The molecule has 0 heterocycles. The molecule has 7 heavy (non-hydrogen) atoms. The summed E-state index contributed by atoms with van der Waals surface area (Å²) in [7, 11) is 0. The second kappa shape index (κ2) is 1.12. The predicted octanol–water partition coefficient (Wildman–Crippen LogP) is 2.36. The monoisotopic (exact) mass is 96.1 g/mol. The molecule has 0 aromatic heterocycles. The van der Waals surface area contributed by atoms with Crippen LogP contribution in [0.1, 0.15) is 27.2 Å². The first-order chi connectivity index (χ1) is 3.11. The van der Waals surface area contributed by atoms with Crippen molar-refractivity contribution in [3.63, 3.8) is 0 Å². The lowest BCUT2D eigenvalue weighted by Gasteiger charge is -2.12. The zero-order valence-corrected chi connectivity index (χ0v) is 5.28. The van der Waals surface area contributed by atoms with E-state index in [2.05, 4.69) is 26.8 Å². The van der Waals surface area contributed by atoms with Crippen LogP contribution in [-0.2, 0) is 0 Å². The molecular formula is C7H12. The molecule has 1 aliphatic carbocycles. The third kappa shape index (κ3) is 1.05. The summed E-state index contributed by atoms with van der Waals surface area (Å²) in [5, 5.41) is 0. The first-order valence-electron chi connectivity index (χ1n) is 2.80. The molecule has 0 saturated heterocycles. The lowest BCUT2D eigenvalue weighted by atomic mass is 9.93. The average molecular weight is 96.2 g/mol. The van der Waals surface area contributed by atoms with Crippen molar-refractivity contribution >= 4 is 0 Å². The molecule has 0 bridgehead atoms. The van der Waals surface area contributed by atoms with Crippen molar-refractivity contribution in [1.29, 1.82) is 0 Å². The van der Waals surface area contributed by atoms with Crippen LogP contribution in [0.25, 0.3) is 0 Å². The van der Waals surface area contributed by atoms with Crippen LogP contribution < -0.4 is 0 Å².